The Morgan fingerprint density at radius 2 is 1.46 bits per heavy atom. The van der Waals surface area contributed by atoms with Gasteiger partial charge in [0.25, 0.3) is 0 Å². The van der Waals surface area contributed by atoms with Crippen LogP contribution in [0.4, 0.5) is 22.0 Å². The van der Waals surface area contributed by atoms with Crippen molar-refractivity contribution in [1.82, 2.24) is 19.7 Å². The monoisotopic (exact) mass is 524 g/mol. The van der Waals surface area contributed by atoms with Gasteiger partial charge in [-0.15, -0.1) is 16.8 Å². The van der Waals surface area contributed by atoms with Gasteiger partial charge in [0.2, 0.25) is 5.82 Å². The number of allylic oxidation sites excluding steroid dienone is 1. The highest BCUT2D eigenvalue weighted by atomic mass is 32.2. The second kappa shape index (κ2) is 10.1. The molecule has 0 amide bonds. The van der Waals surface area contributed by atoms with Crippen molar-refractivity contribution in [3.63, 3.8) is 0 Å². The van der Waals surface area contributed by atoms with Crippen molar-refractivity contribution in [2.75, 3.05) is 0 Å². The number of para-hydroxylation sites is 1. The topological polar surface area (TPSA) is 43.6 Å². The summed E-state index contributed by atoms with van der Waals surface area (Å²) < 4.78 is 70.8. The molecule has 0 saturated carbocycles. The third kappa shape index (κ3) is 4.48. The lowest BCUT2D eigenvalue weighted by molar-refractivity contribution is 0.372. The second-order valence-corrected chi connectivity index (χ2v) is 8.92. The van der Waals surface area contributed by atoms with E-state index in [9.17, 15) is 22.0 Å². The van der Waals surface area contributed by atoms with E-state index < -0.39 is 40.4 Å². The minimum Gasteiger partial charge on any atom is -0.298 e. The van der Waals surface area contributed by atoms with Crippen LogP contribution in [-0.4, -0.2) is 19.7 Å². The van der Waals surface area contributed by atoms with Gasteiger partial charge in [-0.25, -0.2) is 26.9 Å². The number of halogens is 5. The minimum atomic E-state index is -2.19. The van der Waals surface area contributed by atoms with E-state index in [0.717, 1.165) is 28.2 Å². The van der Waals surface area contributed by atoms with E-state index in [2.05, 4.69) is 16.8 Å². The van der Waals surface area contributed by atoms with Crippen molar-refractivity contribution in [3.8, 4) is 22.6 Å². The molecule has 4 nitrogen and oxygen atoms in total. The second-order valence-electron chi connectivity index (χ2n) is 7.98. The van der Waals surface area contributed by atoms with Crippen molar-refractivity contribution in [2.45, 2.75) is 17.5 Å². The molecule has 0 spiro atoms. The molecule has 3 aromatic carbocycles. The summed E-state index contributed by atoms with van der Waals surface area (Å²) in [7, 11) is 0. The van der Waals surface area contributed by atoms with Crippen molar-refractivity contribution in [1.29, 1.82) is 0 Å². The molecule has 37 heavy (non-hydrogen) atoms. The summed E-state index contributed by atoms with van der Waals surface area (Å²) in [5.41, 5.74) is 2.10. The molecule has 0 aliphatic carbocycles. The molecule has 0 saturated heterocycles. The number of thioether (sulfide) groups is 1. The van der Waals surface area contributed by atoms with Crippen LogP contribution in [0.2, 0.25) is 0 Å². The van der Waals surface area contributed by atoms with Crippen LogP contribution < -0.4 is 0 Å². The van der Waals surface area contributed by atoms with Crippen LogP contribution in [0.25, 0.3) is 33.5 Å². The molecule has 0 bridgehead atoms. The lowest BCUT2D eigenvalue weighted by Crippen LogP contribution is -2.07. The summed E-state index contributed by atoms with van der Waals surface area (Å²) in [5.74, 6) is -10.0. The number of aromatic nitrogens is 4. The maximum absolute atomic E-state index is 14.2. The zero-order chi connectivity index (χ0) is 26.1. The highest BCUT2D eigenvalue weighted by molar-refractivity contribution is 7.98. The van der Waals surface area contributed by atoms with Gasteiger partial charge in [0.1, 0.15) is 0 Å². The van der Waals surface area contributed by atoms with Gasteiger partial charge in [-0.3, -0.25) is 4.57 Å². The van der Waals surface area contributed by atoms with E-state index in [0.29, 0.717) is 17.1 Å². The predicted molar refractivity (Wildman–Crippen MR) is 132 cm³/mol. The van der Waals surface area contributed by atoms with Crippen LogP contribution in [0, 0.1) is 29.1 Å². The fraction of sp³-hybridized carbons (Fsp3) is 0.0741. The number of nitrogens with zero attached hydrogens (tertiary/aromatic N) is 4. The molecule has 0 atom stereocenters. The van der Waals surface area contributed by atoms with E-state index in [1.54, 1.807) is 10.6 Å². The summed E-state index contributed by atoms with van der Waals surface area (Å²) in [6, 6.07) is 18.9. The van der Waals surface area contributed by atoms with Crippen LogP contribution in [0.3, 0.4) is 0 Å². The zero-order valence-electron chi connectivity index (χ0n) is 19.1. The molecule has 0 unspecified atom stereocenters. The predicted octanol–water partition coefficient (Wildman–Crippen LogP) is 7.33. The maximum Gasteiger partial charge on any atom is 0.200 e. The molecule has 5 aromatic rings. The Labute approximate surface area is 212 Å². The Bertz CT molecular complexity index is 1610. The van der Waals surface area contributed by atoms with Gasteiger partial charge in [0.15, 0.2) is 34.2 Å². The first-order chi connectivity index (χ1) is 17.9. The van der Waals surface area contributed by atoms with Crippen LogP contribution in [0.15, 0.2) is 78.5 Å². The first-order valence-corrected chi connectivity index (χ1v) is 12.0. The van der Waals surface area contributed by atoms with Crippen molar-refractivity contribution < 1.29 is 22.0 Å². The van der Waals surface area contributed by atoms with E-state index in [4.69, 9.17) is 4.98 Å². The Morgan fingerprint density at radius 3 is 2.16 bits per heavy atom. The molecule has 0 aliphatic rings. The van der Waals surface area contributed by atoms with Gasteiger partial charge in [-0.1, -0.05) is 66.4 Å². The number of rotatable bonds is 7. The molecule has 2 aromatic heterocycles. The molecule has 0 fully saturated rings. The number of hydrogen-bond donors (Lipinski definition) is 0. The van der Waals surface area contributed by atoms with E-state index >= 15 is 0 Å². The average Bonchev–Trinajstić information content (AvgIpc) is 3.33. The molecule has 186 valence electrons. The molecule has 5 rings (SSSR count). The summed E-state index contributed by atoms with van der Waals surface area (Å²) >= 11 is 0.803. The third-order valence-electron chi connectivity index (χ3n) is 5.70. The average molecular weight is 525 g/mol. The fourth-order valence-corrected chi connectivity index (χ4v) is 4.86. The Balaban J connectivity index is 1.60. The van der Waals surface area contributed by atoms with Crippen molar-refractivity contribution >= 4 is 22.7 Å². The molecule has 0 N–H and O–H groups in total. The lowest BCUT2D eigenvalue weighted by atomic mass is 10.0. The normalized spacial score (nSPS) is 11.3. The summed E-state index contributed by atoms with van der Waals surface area (Å²) in [6.45, 7) is 3.99. The van der Waals surface area contributed by atoms with Crippen LogP contribution in [0.1, 0.15) is 5.56 Å². The van der Waals surface area contributed by atoms with Gasteiger partial charge in [-0.2, -0.15) is 0 Å². The van der Waals surface area contributed by atoms with E-state index in [-0.39, 0.29) is 11.7 Å². The van der Waals surface area contributed by atoms with Gasteiger partial charge in [-0.05, 0) is 12.1 Å². The molecular formula is C27H17F5N4S. The summed E-state index contributed by atoms with van der Waals surface area (Å²) in [4.78, 5) is 4.77. The Kier molecular flexibility index (Phi) is 6.75. The van der Waals surface area contributed by atoms with Gasteiger partial charge in [0.05, 0.1) is 11.2 Å². The fourth-order valence-electron chi connectivity index (χ4n) is 3.92. The number of hydrogen-bond acceptors (Lipinski definition) is 4. The number of pyridine rings is 1. The standard InChI is InChI=1S/C27H17F5N4S/c1-2-12-36-26(34-35-27(36)37-14-18-21(28)23(30)25(32)24(31)22(18)29)17-13-20(15-8-4-3-5-9-15)33-19-11-7-6-10-16(17)19/h2-11,13H,1,12,14H2. The lowest BCUT2D eigenvalue weighted by Gasteiger charge is -2.12. The number of fused-ring (bicyclic) bond motifs is 1. The first kappa shape index (κ1) is 24.6. The maximum atomic E-state index is 14.2. The molecule has 10 heteroatoms. The molecular weight excluding hydrogens is 507 g/mol. The van der Waals surface area contributed by atoms with Crippen LogP contribution in [0.5, 0.6) is 0 Å². The Hall–Kier alpha value is -4.05. The SMILES string of the molecule is C=CCn1c(SCc2c(F)c(F)c(F)c(F)c2F)nnc1-c1cc(-c2ccccc2)nc2ccccc12. The summed E-state index contributed by atoms with van der Waals surface area (Å²) in [5, 5.41) is 9.50. The Morgan fingerprint density at radius 1 is 0.811 bits per heavy atom. The zero-order valence-corrected chi connectivity index (χ0v) is 19.9. The van der Waals surface area contributed by atoms with Crippen molar-refractivity contribution in [2.24, 2.45) is 0 Å². The number of benzene rings is 3. The minimum absolute atomic E-state index is 0.223. The smallest absolute Gasteiger partial charge is 0.200 e. The molecule has 0 radical (unpaired) electrons. The molecule has 0 aliphatic heterocycles. The van der Waals surface area contributed by atoms with Crippen molar-refractivity contribution in [3.05, 3.63) is 108 Å². The van der Waals surface area contributed by atoms with E-state index in [1.807, 2.05) is 60.7 Å². The van der Waals surface area contributed by atoms with Gasteiger partial charge >= 0.3 is 0 Å². The van der Waals surface area contributed by atoms with Gasteiger partial charge < -0.3 is 0 Å². The van der Waals surface area contributed by atoms with Gasteiger partial charge in [0, 0.05) is 34.4 Å². The highest BCUT2D eigenvalue weighted by Crippen LogP contribution is 2.34. The van der Waals surface area contributed by atoms with Crippen LogP contribution >= 0.6 is 11.8 Å². The quantitative estimate of drug-likeness (QED) is 0.0735. The third-order valence-corrected chi connectivity index (χ3v) is 6.69. The van der Waals surface area contributed by atoms with E-state index in [1.165, 1.54) is 0 Å². The first-order valence-electron chi connectivity index (χ1n) is 11.0. The largest absolute Gasteiger partial charge is 0.298 e. The van der Waals surface area contributed by atoms with Crippen LogP contribution in [-0.2, 0) is 12.3 Å². The highest BCUT2D eigenvalue weighted by Gasteiger charge is 2.26. The summed E-state index contributed by atoms with van der Waals surface area (Å²) in [6.07, 6.45) is 1.59. The molecule has 2 heterocycles.